The van der Waals surface area contributed by atoms with Gasteiger partial charge in [-0.3, -0.25) is 0 Å². The molecule has 2 unspecified atom stereocenters. The van der Waals surface area contributed by atoms with Crippen molar-refractivity contribution in [2.45, 2.75) is 74.3 Å². The highest BCUT2D eigenvalue weighted by Crippen LogP contribution is 2.50. The van der Waals surface area contributed by atoms with Crippen molar-refractivity contribution in [1.29, 1.82) is 0 Å². The number of carbonyl (C=O) groups excluding carboxylic acids is 2. The van der Waals surface area contributed by atoms with Crippen LogP contribution >= 0.6 is 0 Å². The van der Waals surface area contributed by atoms with E-state index in [2.05, 4.69) is 63.4 Å². The van der Waals surface area contributed by atoms with Gasteiger partial charge in [-0.2, -0.15) is 4.52 Å². The van der Waals surface area contributed by atoms with Gasteiger partial charge in [0.05, 0.1) is 19.8 Å². The molecule has 1 saturated heterocycles. The molecule has 1 amide bonds. The summed E-state index contributed by atoms with van der Waals surface area (Å²) in [5, 5.41) is 4.68. The van der Waals surface area contributed by atoms with Gasteiger partial charge in [0.2, 0.25) is 5.88 Å². The van der Waals surface area contributed by atoms with E-state index in [1.807, 2.05) is 31.2 Å². The molecule has 1 aromatic carbocycles. The predicted molar refractivity (Wildman–Crippen MR) is 168 cm³/mol. The molecule has 1 saturated carbocycles. The number of aromatic nitrogens is 3. The number of aryl methyl sites for hydroxylation is 1. The molecule has 1 N–H and O–H groups in total. The second-order valence-corrected chi connectivity index (χ2v) is 14.6. The van der Waals surface area contributed by atoms with E-state index in [9.17, 15) is 9.59 Å². The van der Waals surface area contributed by atoms with Crippen LogP contribution in [0.3, 0.4) is 0 Å². The molecule has 44 heavy (non-hydrogen) atoms. The Morgan fingerprint density at radius 3 is 2.16 bits per heavy atom. The summed E-state index contributed by atoms with van der Waals surface area (Å²) in [6.45, 7) is 27.1. The van der Waals surface area contributed by atoms with Crippen LogP contribution in [-0.2, 0) is 9.47 Å². The summed E-state index contributed by atoms with van der Waals surface area (Å²) in [5.41, 5.74) is 1.85. The largest absolute Gasteiger partial charge is 0.459 e. The third kappa shape index (κ3) is 6.20. The molecule has 0 radical (unpaired) electrons. The Morgan fingerprint density at radius 1 is 1.02 bits per heavy atom. The number of amides is 1. The normalized spacial score (nSPS) is 22.9. The third-order valence-corrected chi connectivity index (χ3v) is 9.18. The van der Waals surface area contributed by atoms with Crippen molar-refractivity contribution in [2.24, 2.45) is 28.6 Å². The van der Waals surface area contributed by atoms with Gasteiger partial charge < -0.3 is 24.1 Å². The van der Waals surface area contributed by atoms with Crippen LogP contribution in [0.15, 0.2) is 24.3 Å². The van der Waals surface area contributed by atoms with Crippen molar-refractivity contribution in [3.63, 3.8) is 0 Å². The van der Waals surface area contributed by atoms with Crippen molar-refractivity contribution in [3.05, 3.63) is 46.8 Å². The van der Waals surface area contributed by atoms with Gasteiger partial charge in [0.1, 0.15) is 17.3 Å². The summed E-state index contributed by atoms with van der Waals surface area (Å²) < 4.78 is 19.1. The average Bonchev–Trinajstić information content (AvgIpc) is 3.51. The number of H-pyrrole nitrogens is 1. The summed E-state index contributed by atoms with van der Waals surface area (Å²) in [7, 11) is 0. The number of fused-ring (bicyclic) bond motifs is 1. The van der Waals surface area contributed by atoms with Gasteiger partial charge in [-0.05, 0) is 36.5 Å². The fourth-order valence-corrected chi connectivity index (χ4v) is 6.65. The second kappa shape index (κ2) is 11.9. The van der Waals surface area contributed by atoms with Crippen LogP contribution in [0.5, 0.6) is 5.88 Å². The Balaban J connectivity index is 1.61. The summed E-state index contributed by atoms with van der Waals surface area (Å²) in [6.07, 6.45) is 0.906. The topological polar surface area (TPSA) is 103 Å². The Bertz CT molecular complexity index is 1540. The van der Waals surface area contributed by atoms with Crippen LogP contribution in [0.1, 0.15) is 77.2 Å². The van der Waals surface area contributed by atoms with Crippen LogP contribution in [0.4, 0.5) is 10.5 Å². The minimum absolute atomic E-state index is 0.0228. The minimum Gasteiger partial charge on any atom is -0.459 e. The van der Waals surface area contributed by atoms with Crippen LogP contribution < -0.4 is 4.74 Å². The highest BCUT2D eigenvalue weighted by Gasteiger charge is 2.48. The number of benzene rings is 1. The van der Waals surface area contributed by atoms with E-state index >= 15 is 0 Å². The second-order valence-electron chi connectivity index (χ2n) is 14.6. The highest BCUT2D eigenvalue weighted by molar-refractivity contribution is 6.05. The molecule has 2 aliphatic rings. The summed E-state index contributed by atoms with van der Waals surface area (Å²) in [6, 6.07) is 7.78. The first kappa shape index (κ1) is 31.6. The molecular weight excluding hydrogens is 558 g/mol. The number of hydrogen-bond acceptors (Lipinski definition) is 6. The van der Waals surface area contributed by atoms with Gasteiger partial charge in [-0.25, -0.2) is 14.4 Å². The van der Waals surface area contributed by atoms with Crippen LogP contribution in [0, 0.1) is 42.1 Å². The quantitative estimate of drug-likeness (QED) is 0.248. The molecule has 5 rings (SSSR count). The maximum absolute atomic E-state index is 14.3. The molecular formula is C34H45N5O5. The molecule has 2 atom stereocenters. The number of morpholine rings is 1. The first-order valence-corrected chi connectivity index (χ1v) is 15.5. The van der Waals surface area contributed by atoms with E-state index < -0.39 is 12.1 Å². The van der Waals surface area contributed by atoms with Gasteiger partial charge in [0, 0.05) is 30.5 Å². The molecule has 3 aromatic rings. The van der Waals surface area contributed by atoms with E-state index in [1.54, 1.807) is 0 Å². The highest BCUT2D eigenvalue weighted by atomic mass is 16.6. The zero-order valence-corrected chi connectivity index (χ0v) is 27.2. The molecule has 1 aliphatic heterocycles. The number of ether oxygens (including phenoxy) is 3. The molecule has 1 aliphatic carbocycles. The molecule has 10 nitrogen and oxygen atoms in total. The van der Waals surface area contributed by atoms with Crippen molar-refractivity contribution in [1.82, 2.24) is 19.5 Å². The summed E-state index contributed by atoms with van der Waals surface area (Å²) in [4.78, 5) is 36.0. The van der Waals surface area contributed by atoms with Crippen LogP contribution in [0.25, 0.3) is 21.9 Å². The number of carbonyl (C=O) groups is 2. The van der Waals surface area contributed by atoms with Gasteiger partial charge in [0.15, 0.2) is 5.82 Å². The maximum Gasteiger partial charge on any atom is 0.415 e. The van der Waals surface area contributed by atoms with E-state index in [1.165, 1.54) is 9.42 Å². The molecule has 3 heterocycles. The number of rotatable bonds is 4. The first-order chi connectivity index (χ1) is 20.7. The number of esters is 1. The van der Waals surface area contributed by atoms with E-state index in [4.69, 9.17) is 20.8 Å². The van der Waals surface area contributed by atoms with Crippen molar-refractivity contribution in [3.8, 4) is 17.3 Å². The predicted octanol–water partition coefficient (Wildman–Crippen LogP) is 7.30. The Hall–Kier alpha value is -3.84. The van der Waals surface area contributed by atoms with Gasteiger partial charge in [-0.1, -0.05) is 78.3 Å². The Morgan fingerprint density at radius 2 is 1.61 bits per heavy atom. The summed E-state index contributed by atoms with van der Waals surface area (Å²) in [5.74, 6) is 0.486. The monoisotopic (exact) mass is 603 g/mol. The Kier molecular flexibility index (Phi) is 8.56. The lowest BCUT2D eigenvalue weighted by Crippen LogP contribution is -2.49. The number of hydrogen-bond donors (Lipinski definition) is 1. The van der Waals surface area contributed by atoms with Gasteiger partial charge >= 0.3 is 12.1 Å². The van der Waals surface area contributed by atoms with Gasteiger partial charge in [-0.15, -0.1) is 5.10 Å². The molecule has 2 aromatic heterocycles. The van der Waals surface area contributed by atoms with Crippen LogP contribution in [-0.4, -0.2) is 64.0 Å². The third-order valence-electron chi connectivity index (χ3n) is 9.18. The summed E-state index contributed by atoms with van der Waals surface area (Å²) >= 11 is 0. The zero-order valence-electron chi connectivity index (χ0n) is 27.2. The standard InChI is InChI=1S/C34H45N5O5/c1-20-10-12-22(13-11-20)28-36-29-25(26(35-9)30(39(29)37-28)44-32(41)38-14-16-42-17-15-38)31(40)43-27-23(33(3,4)5)18-21(2)19-24(27)34(6,7)8/h10-13,21,23-24,27H,14-19H2,1-8H3,(H,36,37). The smallest absolute Gasteiger partial charge is 0.415 e. The molecule has 10 heteroatoms. The lowest BCUT2D eigenvalue weighted by molar-refractivity contribution is -0.0922. The number of nitrogens with zero attached hydrogens (tertiary/aromatic N) is 4. The van der Waals surface area contributed by atoms with Crippen molar-refractivity contribution in [2.75, 3.05) is 26.3 Å². The zero-order chi connectivity index (χ0) is 32.0. The van der Waals surface area contributed by atoms with Crippen molar-refractivity contribution >= 4 is 23.4 Å². The first-order valence-electron chi connectivity index (χ1n) is 15.5. The average molecular weight is 604 g/mol. The number of aromatic amines is 1. The molecule has 0 spiro atoms. The SMILES string of the molecule is [C-]#[N+]c1c(C(=O)OC2C(C(C)(C)C)CC(C)CC2C(C)(C)C)c2[nH]c(-c3ccc(C)cc3)nn2c1OC(=O)N1CCOCC1. The van der Waals surface area contributed by atoms with E-state index in [0.29, 0.717) is 38.0 Å². The minimum atomic E-state index is -0.626. The fourth-order valence-electron chi connectivity index (χ4n) is 6.65. The molecule has 0 bridgehead atoms. The maximum atomic E-state index is 14.3. The number of nitrogens with one attached hydrogen (secondary N) is 1. The lowest BCUT2D eigenvalue weighted by Gasteiger charge is -2.50. The van der Waals surface area contributed by atoms with Gasteiger partial charge in [0.25, 0.3) is 5.69 Å². The lowest BCUT2D eigenvalue weighted by atomic mass is 9.59. The van der Waals surface area contributed by atoms with E-state index in [-0.39, 0.29) is 51.5 Å². The van der Waals surface area contributed by atoms with Crippen LogP contribution in [0.2, 0.25) is 0 Å². The Labute approximate surface area is 259 Å². The van der Waals surface area contributed by atoms with Crippen molar-refractivity contribution < 1.29 is 23.8 Å². The molecule has 2 fully saturated rings. The molecule has 236 valence electrons. The van der Waals surface area contributed by atoms with E-state index in [0.717, 1.165) is 24.0 Å². The fraction of sp³-hybridized carbons (Fsp3) is 0.588.